The largest absolute Gasteiger partial charge is 0.462 e. The summed E-state index contributed by atoms with van der Waals surface area (Å²) in [4.78, 5) is 24.6. The van der Waals surface area contributed by atoms with Crippen LogP contribution >= 0.6 is 11.3 Å². The van der Waals surface area contributed by atoms with E-state index >= 15 is 0 Å². The lowest BCUT2D eigenvalue weighted by Gasteiger charge is -2.08. The number of aryl methyl sites for hydroxylation is 1. The number of carbonyl (C=O) groups is 2. The number of amides is 1. The molecule has 0 unspecified atom stereocenters. The van der Waals surface area contributed by atoms with E-state index in [1.54, 1.807) is 13.0 Å². The summed E-state index contributed by atoms with van der Waals surface area (Å²) in [5.74, 6) is -0.683. The first kappa shape index (κ1) is 16.7. The third kappa shape index (κ3) is 4.94. The predicted molar refractivity (Wildman–Crippen MR) is 79.4 cm³/mol. The van der Waals surface area contributed by atoms with Crippen molar-refractivity contribution in [3.63, 3.8) is 0 Å². The molecule has 1 aromatic heterocycles. The Hall–Kier alpha value is -1.40. The number of ether oxygens (including phenoxy) is 2. The Kier molecular flexibility index (Phi) is 6.67. The van der Waals surface area contributed by atoms with Crippen LogP contribution < -0.4 is 5.32 Å². The zero-order chi connectivity index (χ0) is 15.1. The molecule has 112 valence electrons. The molecular formula is C14H21NO4S. The minimum Gasteiger partial charge on any atom is -0.462 e. The number of hydrogen-bond donors (Lipinski definition) is 1. The van der Waals surface area contributed by atoms with Gasteiger partial charge in [-0.3, -0.25) is 4.79 Å². The number of esters is 1. The van der Waals surface area contributed by atoms with Gasteiger partial charge in [0.25, 0.3) is 5.91 Å². The van der Waals surface area contributed by atoms with E-state index in [2.05, 4.69) is 5.32 Å². The maximum absolute atomic E-state index is 11.8. The number of anilines is 1. The molecule has 1 aromatic rings. The average molecular weight is 299 g/mol. The molecule has 1 N–H and O–H groups in total. The average Bonchev–Trinajstić information content (AvgIpc) is 2.80. The molecule has 0 aromatic carbocycles. The molecule has 0 aliphatic heterocycles. The fourth-order valence-electron chi connectivity index (χ4n) is 1.47. The summed E-state index contributed by atoms with van der Waals surface area (Å²) in [5, 5.41) is 3.24. The molecule has 0 aliphatic rings. The van der Waals surface area contributed by atoms with Crippen LogP contribution in [0.25, 0.3) is 0 Å². The van der Waals surface area contributed by atoms with Crippen LogP contribution in [0.5, 0.6) is 0 Å². The third-order valence-corrected chi connectivity index (χ3v) is 3.62. The molecule has 5 nitrogen and oxygen atoms in total. The maximum atomic E-state index is 11.8. The first-order chi connectivity index (χ1) is 9.47. The van der Waals surface area contributed by atoms with Crippen molar-refractivity contribution in [3.8, 4) is 0 Å². The zero-order valence-electron chi connectivity index (χ0n) is 12.3. The Balaban J connectivity index is 2.79. The number of rotatable bonds is 7. The van der Waals surface area contributed by atoms with Crippen molar-refractivity contribution in [2.24, 2.45) is 0 Å². The van der Waals surface area contributed by atoms with E-state index in [0.29, 0.717) is 17.2 Å². The molecule has 0 radical (unpaired) electrons. The fraction of sp³-hybridized carbons (Fsp3) is 0.571. The lowest BCUT2D eigenvalue weighted by molar-refractivity contribution is -0.121. The van der Waals surface area contributed by atoms with E-state index in [-0.39, 0.29) is 18.6 Å². The Morgan fingerprint density at radius 1 is 1.35 bits per heavy atom. The Labute approximate surface area is 123 Å². The van der Waals surface area contributed by atoms with Gasteiger partial charge >= 0.3 is 5.97 Å². The summed E-state index contributed by atoms with van der Waals surface area (Å²) in [6.45, 7) is 7.74. The van der Waals surface area contributed by atoms with Gasteiger partial charge in [-0.1, -0.05) is 6.92 Å². The summed E-state index contributed by atoms with van der Waals surface area (Å²) in [6, 6.07) is 1.77. The van der Waals surface area contributed by atoms with Gasteiger partial charge in [0.15, 0.2) is 0 Å². The van der Waals surface area contributed by atoms with Gasteiger partial charge in [-0.15, -0.1) is 11.3 Å². The molecule has 0 fully saturated rings. The Bertz CT molecular complexity index is 468. The van der Waals surface area contributed by atoms with Gasteiger partial charge in [0, 0.05) is 4.88 Å². The highest BCUT2D eigenvalue weighted by Gasteiger charge is 2.18. The van der Waals surface area contributed by atoms with Gasteiger partial charge in [0.1, 0.15) is 11.6 Å². The second kappa shape index (κ2) is 8.01. The molecule has 0 spiro atoms. The SMILES string of the molecule is CCOC(=O)c1cc(CC)sc1NC(=O)COC(C)C. The van der Waals surface area contributed by atoms with Crippen molar-refractivity contribution in [2.45, 2.75) is 40.2 Å². The van der Waals surface area contributed by atoms with E-state index < -0.39 is 5.97 Å². The van der Waals surface area contributed by atoms with Crippen LogP contribution in [0.4, 0.5) is 5.00 Å². The molecule has 20 heavy (non-hydrogen) atoms. The van der Waals surface area contributed by atoms with Gasteiger partial charge in [0.05, 0.1) is 18.3 Å². The Morgan fingerprint density at radius 3 is 2.60 bits per heavy atom. The van der Waals surface area contributed by atoms with Crippen LogP contribution in [0.2, 0.25) is 0 Å². The highest BCUT2D eigenvalue weighted by atomic mass is 32.1. The summed E-state index contributed by atoms with van der Waals surface area (Å²) >= 11 is 1.39. The van der Waals surface area contributed by atoms with Gasteiger partial charge in [-0.2, -0.15) is 0 Å². The molecule has 0 atom stereocenters. The summed E-state index contributed by atoms with van der Waals surface area (Å²) < 4.78 is 10.2. The van der Waals surface area contributed by atoms with Crippen molar-refractivity contribution in [2.75, 3.05) is 18.5 Å². The van der Waals surface area contributed by atoms with Crippen LogP contribution in [0.15, 0.2) is 6.07 Å². The van der Waals surface area contributed by atoms with Crippen molar-refractivity contribution in [1.29, 1.82) is 0 Å². The van der Waals surface area contributed by atoms with Crippen molar-refractivity contribution >= 4 is 28.2 Å². The minimum atomic E-state index is -0.413. The topological polar surface area (TPSA) is 64.6 Å². The summed E-state index contributed by atoms with van der Waals surface area (Å²) in [6.07, 6.45) is 0.787. The molecule has 6 heteroatoms. The quantitative estimate of drug-likeness (QED) is 0.786. The lowest BCUT2D eigenvalue weighted by Crippen LogP contribution is -2.21. The van der Waals surface area contributed by atoms with Gasteiger partial charge in [-0.05, 0) is 33.3 Å². The van der Waals surface area contributed by atoms with Crippen molar-refractivity contribution < 1.29 is 19.1 Å². The molecule has 0 saturated heterocycles. The van der Waals surface area contributed by atoms with E-state index in [1.807, 2.05) is 20.8 Å². The molecule has 1 heterocycles. The number of hydrogen-bond acceptors (Lipinski definition) is 5. The fourth-order valence-corrected chi connectivity index (χ4v) is 2.48. The molecule has 1 rings (SSSR count). The molecule has 0 saturated carbocycles. The summed E-state index contributed by atoms with van der Waals surface area (Å²) in [7, 11) is 0. The van der Waals surface area contributed by atoms with Gasteiger partial charge in [0.2, 0.25) is 0 Å². The number of carbonyl (C=O) groups excluding carboxylic acids is 2. The van der Waals surface area contributed by atoms with Crippen LogP contribution in [0, 0.1) is 0 Å². The van der Waals surface area contributed by atoms with E-state index in [9.17, 15) is 9.59 Å². The van der Waals surface area contributed by atoms with E-state index in [4.69, 9.17) is 9.47 Å². The normalized spacial score (nSPS) is 10.7. The van der Waals surface area contributed by atoms with Crippen LogP contribution in [0.3, 0.4) is 0 Å². The van der Waals surface area contributed by atoms with Crippen LogP contribution in [0.1, 0.15) is 42.9 Å². The number of thiophene rings is 1. The smallest absolute Gasteiger partial charge is 0.341 e. The first-order valence-electron chi connectivity index (χ1n) is 6.69. The second-order valence-electron chi connectivity index (χ2n) is 4.44. The molecule has 1 amide bonds. The zero-order valence-corrected chi connectivity index (χ0v) is 13.1. The van der Waals surface area contributed by atoms with Crippen LogP contribution in [-0.4, -0.2) is 31.2 Å². The molecular weight excluding hydrogens is 278 g/mol. The van der Waals surface area contributed by atoms with Crippen LogP contribution in [-0.2, 0) is 20.7 Å². The third-order valence-electron chi connectivity index (χ3n) is 2.43. The minimum absolute atomic E-state index is 0.0141. The van der Waals surface area contributed by atoms with Gasteiger partial charge in [-0.25, -0.2) is 4.79 Å². The molecule has 0 bridgehead atoms. The number of nitrogens with one attached hydrogen (secondary N) is 1. The van der Waals surface area contributed by atoms with Crippen molar-refractivity contribution in [3.05, 3.63) is 16.5 Å². The predicted octanol–water partition coefficient (Wildman–Crippen LogP) is 2.85. The second-order valence-corrected chi connectivity index (χ2v) is 5.57. The van der Waals surface area contributed by atoms with E-state index in [1.165, 1.54) is 11.3 Å². The lowest BCUT2D eigenvalue weighted by atomic mass is 10.2. The molecule has 0 aliphatic carbocycles. The highest BCUT2D eigenvalue weighted by Crippen LogP contribution is 2.29. The van der Waals surface area contributed by atoms with E-state index in [0.717, 1.165) is 11.3 Å². The standard InChI is InChI=1S/C14H21NO4S/c1-5-10-7-11(14(17)18-6-2)13(20-10)15-12(16)8-19-9(3)4/h7,9H,5-6,8H2,1-4H3,(H,15,16). The van der Waals surface area contributed by atoms with Gasteiger partial charge < -0.3 is 14.8 Å². The maximum Gasteiger partial charge on any atom is 0.341 e. The first-order valence-corrected chi connectivity index (χ1v) is 7.50. The van der Waals surface area contributed by atoms with Crippen molar-refractivity contribution in [1.82, 2.24) is 0 Å². The Morgan fingerprint density at radius 2 is 2.05 bits per heavy atom. The highest BCUT2D eigenvalue weighted by molar-refractivity contribution is 7.16. The monoisotopic (exact) mass is 299 g/mol. The summed E-state index contributed by atoms with van der Waals surface area (Å²) in [5.41, 5.74) is 0.409.